The van der Waals surface area contributed by atoms with E-state index in [-0.39, 0.29) is 48.6 Å². The lowest BCUT2D eigenvalue weighted by molar-refractivity contribution is -0.135. The highest BCUT2D eigenvalue weighted by atomic mass is 19.3. The molecule has 0 bridgehead atoms. The second-order valence-corrected chi connectivity index (χ2v) is 11.0. The Balaban J connectivity index is 1.40. The summed E-state index contributed by atoms with van der Waals surface area (Å²) in [4.78, 5) is 41.3. The van der Waals surface area contributed by atoms with Crippen LogP contribution in [0.3, 0.4) is 0 Å². The molecule has 2 aromatic rings. The van der Waals surface area contributed by atoms with Crippen LogP contribution in [0.2, 0.25) is 0 Å². The molecule has 9 nitrogen and oxygen atoms in total. The quantitative estimate of drug-likeness (QED) is 0.439. The van der Waals surface area contributed by atoms with Crippen LogP contribution in [0.15, 0.2) is 60.7 Å². The van der Waals surface area contributed by atoms with Gasteiger partial charge in [-0.1, -0.05) is 38.1 Å². The Morgan fingerprint density at radius 1 is 1.10 bits per heavy atom. The van der Waals surface area contributed by atoms with Gasteiger partial charge in [0, 0.05) is 12.2 Å². The molecule has 1 saturated heterocycles. The summed E-state index contributed by atoms with van der Waals surface area (Å²) in [5.74, 6) is 0.0651. The fraction of sp³-hybridized carbons (Fsp3) is 0.452. The number of halogens is 2. The molecular weight excluding hydrogens is 546 g/mol. The molecule has 42 heavy (non-hydrogen) atoms. The Hall–Kier alpha value is -3.99. The number of piperidine rings is 1. The normalized spacial score (nSPS) is 20.6. The third kappa shape index (κ3) is 8.28. The highest BCUT2D eigenvalue weighted by Crippen LogP contribution is 2.36. The third-order valence-corrected chi connectivity index (χ3v) is 7.75. The summed E-state index contributed by atoms with van der Waals surface area (Å²) in [6.07, 6.45) is 5.42. The number of ether oxygens (including phenoxy) is 2. The summed E-state index contributed by atoms with van der Waals surface area (Å²) in [6.45, 7) is 2.89. The molecule has 2 aromatic carbocycles. The molecule has 3 N–H and O–H groups in total. The van der Waals surface area contributed by atoms with E-state index in [2.05, 4.69) is 20.7 Å². The molecule has 2 aliphatic heterocycles. The summed E-state index contributed by atoms with van der Waals surface area (Å²) < 4.78 is 35.1. The van der Waals surface area contributed by atoms with Crippen molar-refractivity contribution in [2.45, 2.75) is 45.8 Å². The zero-order valence-electron chi connectivity index (χ0n) is 23.9. The molecule has 0 aromatic heterocycles. The smallest absolute Gasteiger partial charge is 0.387 e. The Morgan fingerprint density at radius 2 is 1.81 bits per heavy atom. The van der Waals surface area contributed by atoms with Gasteiger partial charge in [0.2, 0.25) is 11.8 Å². The standard InChI is InChI=1S/C31H38F2N4O5/c1-21(2)25-20-41-26-8-4-3-7-24(26)28(39)34-16-6-5-13-31(29(40)36-25)14-17-37(18-15-31)19-27(38)35-22-9-11-23(12-10-22)42-30(32)33/h3-12,21,25,30H,13-20H2,1-2H3,(H,34,39)(H,35,38)(H,36,40)/b6-5+/t25-/m0/s1. The van der Waals surface area contributed by atoms with Crippen LogP contribution in [0.4, 0.5) is 14.5 Å². The van der Waals surface area contributed by atoms with Crippen molar-refractivity contribution >= 4 is 23.4 Å². The van der Waals surface area contributed by atoms with Crippen molar-refractivity contribution in [2.24, 2.45) is 11.3 Å². The van der Waals surface area contributed by atoms with E-state index >= 15 is 0 Å². The number of anilines is 1. The van der Waals surface area contributed by atoms with Gasteiger partial charge in [0.25, 0.3) is 5.91 Å². The zero-order chi connectivity index (χ0) is 30.1. The molecule has 1 fully saturated rings. The molecule has 1 atom stereocenters. The largest absolute Gasteiger partial charge is 0.491 e. The van der Waals surface area contributed by atoms with E-state index in [0.29, 0.717) is 55.9 Å². The van der Waals surface area contributed by atoms with Crippen LogP contribution in [0, 0.1) is 11.3 Å². The van der Waals surface area contributed by atoms with Gasteiger partial charge in [0.1, 0.15) is 18.1 Å². The van der Waals surface area contributed by atoms with Crippen molar-refractivity contribution in [3.8, 4) is 11.5 Å². The Labute approximate surface area is 244 Å². The predicted molar refractivity (Wildman–Crippen MR) is 155 cm³/mol. The van der Waals surface area contributed by atoms with Crippen molar-refractivity contribution in [1.29, 1.82) is 0 Å². The minimum absolute atomic E-state index is 0.0123. The van der Waals surface area contributed by atoms with Gasteiger partial charge in [-0.15, -0.1) is 0 Å². The number of benzene rings is 2. The molecule has 0 unspecified atom stereocenters. The van der Waals surface area contributed by atoms with Crippen LogP contribution in [0.5, 0.6) is 11.5 Å². The van der Waals surface area contributed by atoms with Crippen LogP contribution in [0.1, 0.15) is 43.5 Å². The van der Waals surface area contributed by atoms with Gasteiger partial charge in [-0.05, 0) is 74.7 Å². The van der Waals surface area contributed by atoms with Crippen molar-refractivity contribution in [3.05, 3.63) is 66.2 Å². The van der Waals surface area contributed by atoms with Crippen molar-refractivity contribution in [1.82, 2.24) is 15.5 Å². The first kappa shape index (κ1) is 31.0. The number of alkyl halides is 2. The second kappa shape index (κ2) is 14.3. The molecule has 0 radical (unpaired) electrons. The molecular formula is C31H38F2N4O5. The van der Waals surface area contributed by atoms with Crippen LogP contribution < -0.4 is 25.4 Å². The summed E-state index contributed by atoms with van der Waals surface area (Å²) in [5, 5.41) is 8.89. The van der Waals surface area contributed by atoms with Crippen molar-refractivity contribution in [3.63, 3.8) is 0 Å². The first-order valence-corrected chi connectivity index (χ1v) is 14.2. The first-order valence-electron chi connectivity index (χ1n) is 14.2. The lowest BCUT2D eigenvalue weighted by atomic mass is 9.74. The SMILES string of the molecule is CC(C)[C@@H]1COc2ccccc2C(=O)NC/C=C/CC2(CCN(CC(=O)Nc3ccc(OC(F)F)cc3)CC2)C(=O)N1. The summed E-state index contributed by atoms with van der Waals surface area (Å²) in [6, 6.07) is 12.5. The summed E-state index contributed by atoms with van der Waals surface area (Å²) in [7, 11) is 0. The van der Waals surface area contributed by atoms with Crippen molar-refractivity contribution in [2.75, 3.05) is 38.1 Å². The van der Waals surface area contributed by atoms with Crippen LogP contribution in [-0.2, 0) is 9.59 Å². The fourth-order valence-electron chi connectivity index (χ4n) is 5.11. The third-order valence-electron chi connectivity index (χ3n) is 7.75. The Morgan fingerprint density at radius 3 is 2.50 bits per heavy atom. The number of carbonyl (C=O) groups excluding carboxylic acids is 3. The first-order chi connectivity index (χ1) is 20.1. The average molecular weight is 585 g/mol. The van der Waals surface area contributed by atoms with E-state index in [9.17, 15) is 23.2 Å². The number of fused-ring (bicyclic) bond motifs is 1. The average Bonchev–Trinajstić information content (AvgIpc) is 2.96. The van der Waals surface area contributed by atoms with E-state index < -0.39 is 12.0 Å². The minimum atomic E-state index is -2.91. The topological polar surface area (TPSA) is 109 Å². The number of likely N-dealkylation sites (tertiary alicyclic amines) is 1. The lowest BCUT2D eigenvalue weighted by Gasteiger charge is -2.41. The number of allylic oxidation sites excluding steroid dienone is 1. The number of rotatable bonds is 6. The number of nitrogens with zero attached hydrogens (tertiary/aromatic N) is 1. The van der Waals surface area contributed by atoms with E-state index in [0.717, 1.165) is 0 Å². The fourth-order valence-corrected chi connectivity index (χ4v) is 5.11. The maximum absolute atomic E-state index is 13.8. The van der Waals surface area contributed by atoms with Crippen LogP contribution in [-0.4, -0.2) is 68.1 Å². The highest BCUT2D eigenvalue weighted by molar-refractivity contribution is 5.97. The van der Waals surface area contributed by atoms with Gasteiger partial charge >= 0.3 is 6.61 Å². The highest BCUT2D eigenvalue weighted by Gasteiger charge is 2.41. The van der Waals surface area contributed by atoms with Crippen LogP contribution in [0.25, 0.3) is 0 Å². The van der Waals surface area contributed by atoms with Gasteiger partial charge in [-0.3, -0.25) is 19.3 Å². The summed E-state index contributed by atoms with van der Waals surface area (Å²) >= 11 is 0. The number of carbonyl (C=O) groups is 3. The van der Waals surface area contributed by atoms with E-state index in [1.807, 2.05) is 37.0 Å². The molecule has 1 spiro atoms. The molecule has 226 valence electrons. The molecule has 3 amide bonds. The number of amides is 3. The number of hydrogen-bond acceptors (Lipinski definition) is 6. The van der Waals surface area contributed by atoms with E-state index in [4.69, 9.17) is 4.74 Å². The molecule has 2 aliphatic rings. The molecule has 0 saturated carbocycles. The maximum atomic E-state index is 13.8. The Kier molecular flexibility index (Phi) is 10.5. The minimum Gasteiger partial charge on any atom is -0.491 e. The molecule has 0 aliphatic carbocycles. The second-order valence-electron chi connectivity index (χ2n) is 11.0. The zero-order valence-corrected chi connectivity index (χ0v) is 23.9. The monoisotopic (exact) mass is 584 g/mol. The molecule has 2 heterocycles. The molecule has 11 heteroatoms. The maximum Gasteiger partial charge on any atom is 0.387 e. The van der Waals surface area contributed by atoms with Gasteiger partial charge in [-0.25, -0.2) is 0 Å². The number of nitrogens with one attached hydrogen (secondary N) is 3. The van der Waals surface area contributed by atoms with Crippen molar-refractivity contribution < 1.29 is 32.6 Å². The number of hydrogen-bond donors (Lipinski definition) is 3. The number of para-hydroxylation sites is 1. The lowest BCUT2D eigenvalue weighted by Crippen LogP contribution is -2.54. The van der Waals surface area contributed by atoms with E-state index in [1.165, 1.54) is 24.3 Å². The van der Waals surface area contributed by atoms with Gasteiger partial charge in [0.15, 0.2) is 0 Å². The van der Waals surface area contributed by atoms with Gasteiger partial charge in [0.05, 0.1) is 23.6 Å². The van der Waals surface area contributed by atoms with Gasteiger partial charge < -0.3 is 25.4 Å². The predicted octanol–water partition coefficient (Wildman–Crippen LogP) is 4.22. The summed E-state index contributed by atoms with van der Waals surface area (Å²) in [5.41, 5.74) is 0.258. The Bertz CT molecular complexity index is 1260. The van der Waals surface area contributed by atoms with Crippen LogP contribution >= 0.6 is 0 Å². The molecule has 4 rings (SSSR count). The van der Waals surface area contributed by atoms with Gasteiger partial charge in [-0.2, -0.15) is 8.78 Å². The van der Waals surface area contributed by atoms with E-state index in [1.54, 1.807) is 18.2 Å².